The van der Waals surface area contributed by atoms with Gasteiger partial charge in [-0.2, -0.15) is 0 Å². The van der Waals surface area contributed by atoms with E-state index >= 15 is 0 Å². The van der Waals surface area contributed by atoms with Crippen LogP contribution in [0.4, 0.5) is 4.39 Å². The van der Waals surface area contributed by atoms with Crippen LogP contribution in [0.2, 0.25) is 5.02 Å². The molecule has 1 heterocycles. The molecule has 0 fully saturated rings. The average molecular weight is 302 g/mol. The number of halogens is 2. The molecule has 0 saturated heterocycles. The zero-order valence-corrected chi connectivity index (χ0v) is 11.8. The minimum absolute atomic E-state index is 0.331. The number of nitrogens with zero attached hydrogens (tertiary/aromatic N) is 2. The Morgan fingerprint density at radius 3 is 2.62 bits per heavy atom. The Bertz CT molecular complexity index is 735. The molecule has 0 bridgehead atoms. The highest BCUT2D eigenvalue weighted by Crippen LogP contribution is 2.24. The van der Waals surface area contributed by atoms with Crippen molar-refractivity contribution in [2.75, 3.05) is 0 Å². The van der Waals surface area contributed by atoms with Crippen molar-refractivity contribution in [2.24, 2.45) is 5.73 Å². The van der Waals surface area contributed by atoms with Crippen LogP contribution >= 0.6 is 11.6 Å². The third kappa shape index (κ3) is 2.82. The molecule has 3 aromatic rings. The van der Waals surface area contributed by atoms with Crippen molar-refractivity contribution in [1.82, 2.24) is 9.55 Å². The highest BCUT2D eigenvalue weighted by atomic mass is 35.5. The number of nitrogens with two attached hydrogens (primary N) is 1. The van der Waals surface area contributed by atoms with Gasteiger partial charge in [0.2, 0.25) is 0 Å². The van der Waals surface area contributed by atoms with E-state index < -0.39 is 5.82 Å². The summed E-state index contributed by atoms with van der Waals surface area (Å²) < 4.78 is 15.3. The second-order valence-corrected chi connectivity index (χ2v) is 5.14. The molecule has 0 aliphatic heterocycles. The van der Waals surface area contributed by atoms with E-state index in [-0.39, 0.29) is 6.04 Å². The van der Waals surface area contributed by atoms with Crippen LogP contribution in [-0.2, 0) is 0 Å². The fourth-order valence-corrected chi connectivity index (χ4v) is 2.48. The van der Waals surface area contributed by atoms with E-state index in [2.05, 4.69) is 4.98 Å². The summed E-state index contributed by atoms with van der Waals surface area (Å²) in [6.45, 7) is 0. The summed E-state index contributed by atoms with van der Waals surface area (Å²) in [5.74, 6) is -0.398. The number of imidazole rings is 1. The van der Waals surface area contributed by atoms with Crippen LogP contribution < -0.4 is 5.73 Å². The first kappa shape index (κ1) is 13.8. The summed E-state index contributed by atoms with van der Waals surface area (Å²) in [7, 11) is 0. The Kier molecular flexibility index (Phi) is 3.73. The van der Waals surface area contributed by atoms with Crippen LogP contribution in [0.3, 0.4) is 0 Å². The molecule has 5 heteroatoms. The van der Waals surface area contributed by atoms with Crippen LogP contribution in [0.1, 0.15) is 17.3 Å². The van der Waals surface area contributed by atoms with Gasteiger partial charge in [-0.3, -0.25) is 0 Å². The Balaban J connectivity index is 2.05. The van der Waals surface area contributed by atoms with Gasteiger partial charge in [-0.05, 0) is 23.8 Å². The maximum Gasteiger partial charge on any atom is 0.126 e. The van der Waals surface area contributed by atoms with E-state index in [4.69, 9.17) is 17.3 Å². The molecule has 3 nitrogen and oxygen atoms in total. The van der Waals surface area contributed by atoms with Gasteiger partial charge in [0.1, 0.15) is 5.82 Å². The lowest BCUT2D eigenvalue weighted by molar-refractivity contribution is 0.626. The third-order valence-electron chi connectivity index (χ3n) is 3.27. The smallest absolute Gasteiger partial charge is 0.126 e. The standard InChI is InChI=1S/C16H13ClFN3/c17-12-6-13(18)8-14(7-12)21-10-20-9-15(21)16(19)11-4-2-1-3-5-11/h1-10,16H,19H2. The molecule has 0 spiro atoms. The van der Waals surface area contributed by atoms with E-state index in [0.29, 0.717) is 10.7 Å². The van der Waals surface area contributed by atoms with Gasteiger partial charge in [-0.1, -0.05) is 41.9 Å². The maximum atomic E-state index is 13.5. The molecule has 0 aliphatic carbocycles. The molecule has 0 aliphatic rings. The van der Waals surface area contributed by atoms with Gasteiger partial charge in [0, 0.05) is 5.02 Å². The number of benzene rings is 2. The van der Waals surface area contributed by atoms with Gasteiger partial charge < -0.3 is 10.3 Å². The second-order valence-electron chi connectivity index (χ2n) is 4.70. The zero-order valence-electron chi connectivity index (χ0n) is 11.1. The fraction of sp³-hybridized carbons (Fsp3) is 0.0625. The number of rotatable bonds is 3. The normalized spacial score (nSPS) is 12.3. The van der Waals surface area contributed by atoms with Crippen molar-refractivity contribution >= 4 is 11.6 Å². The average Bonchev–Trinajstić information content (AvgIpc) is 2.96. The SMILES string of the molecule is NC(c1ccccc1)c1cncn1-c1cc(F)cc(Cl)c1. The molecule has 3 rings (SSSR count). The largest absolute Gasteiger partial charge is 0.319 e. The number of hydrogen-bond acceptors (Lipinski definition) is 2. The monoisotopic (exact) mass is 301 g/mol. The van der Waals surface area contributed by atoms with Crippen LogP contribution in [0, 0.1) is 5.82 Å². The first-order valence-corrected chi connectivity index (χ1v) is 6.82. The van der Waals surface area contributed by atoms with Gasteiger partial charge in [-0.25, -0.2) is 9.37 Å². The van der Waals surface area contributed by atoms with Gasteiger partial charge in [0.05, 0.1) is 29.9 Å². The minimum atomic E-state index is -0.398. The Labute approximate surface area is 126 Å². The molecular formula is C16H13ClFN3. The molecule has 0 amide bonds. The minimum Gasteiger partial charge on any atom is -0.319 e. The molecule has 106 valence electrons. The Morgan fingerprint density at radius 2 is 1.90 bits per heavy atom. The summed E-state index contributed by atoms with van der Waals surface area (Å²) in [6.07, 6.45) is 3.28. The van der Waals surface area contributed by atoms with Gasteiger partial charge in [0.15, 0.2) is 0 Å². The Hall–Kier alpha value is -2.17. The van der Waals surface area contributed by atoms with E-state index in [9.17, 15) is 4.39 Å². The van der Waals surface area contributed by atoms with Gasteiger partial charge in [-0.15, -0.1) is 0 Å². The van der Waals surface area contributed by atoms with Crippen LogP contribution in [0.15, 0.2) is 61.1 Å². The van der Waals surface area contributed by atoms with Crippen LogP contribution in [-0.4, -0.2) is 9.55 Å². The van der Waals surface area contributed by atoms with Crippen molar-refractivity contribution in [3.8, 4) is 5.69 Å². The molecular weight excluding hydrogens is 289 g/mol. The lowest BCUT2D eigenvalue weighted by Gasteiger charge is -2.15. The van der Waals surface area contributed by atoms with Crippen molar-refractivity contribution in [1.29, 1.82) is 0 Å². The highest BCUT2D eigenvalue weighted by Gasteiger charge is 2.15. The number of aromatic nitrogens is 2. The molecule has 0 saturated carbocycles. The quantitative estimate of drug-likeness (QED) is 0.801. The van der Waals surface area contributed by atoms with Crippen LogP contribution in [0.25, 0.3) is 5.69 Å². The van der Waals surface area contributed by atoms with Crippen molar-refractivity contribution in [2.45, 2.75) is 6.04 Å². The second kappa shape index (κ2) is 5.68. The van der Waals surface area contributed by atoms with E-state index in [1.807, 2.05) is 30.3 Å². The molecule has 2 aromatic carbocycles. The summed E-state index contributed by atoms with van der Waals surface area (Å²) in [5, 5.41) is 0.331. The highest BCUT2D eigenvalue weighted by molar-refractivity contribution is 6.30. The van der Waals surface area contributed by atoms with Gasteiger partial charge in [0.25, 0.3) is 0 Å². The lowest BCUT2D eigenvalue weighted by atomic mass is 10.1. The molecule has 21 heavy (non-hydrogen) atoms. The fourth-order valence-electron chi connectivity index (χ4n) is 2.26. The van der Waals surface area contributed by atoms with Crippen molar-refractivity contribution < 1.29 is 4.39 Å². The lowest BCUT2D eigenvalue weighted by Crippen LogP contribution is -2.15. The third-order valence-corrected chi connectivity index (χ3v) is 3.49. The zero-order chi connectivity index (χ0) is 14.8. The van der Waals surface area contributed by atoms with E-state index in [1.165, 1.54) is 12.1 Å². The van der Waals surface area contributed by atoms with Gasteiger partial charge >= 0.3 is 0 Å². The predicted octanol–water partition coefficient (Wildman–Crippen LogP) is 3.71. The Morgan fingerprint density at radius 1 is 1.14 bits per heavy atom. The predicted molar refractivity (Wildman–Crippen MR) is 81.0 cm³/mol. The van der Waals surface area contributed by atoms with E-state index in [0.717, 1.165) is 11.3 Å². The summed E-state index contributed by atoms with van der Waals surface area (Å²) in [4.78, 5) is 4.12. The molecule has 1 atom stereocenters. The molecule has 1 unspecified atom stereocenters. The summed E-state index contributed by atoms with van der Waals surface area (Å²) >= 11 is 5.91. The van der Waals surface area contributed by atoms with E-state index in [1.54, 1.807) is 23.2 Å². The molecule has 0 radical (unpaired) electrons. The number of hydrogen-bond donors (Lipinski definition) is 1. The first-order chi connectivity index (χ1) is 10.1. The molecule has 2 N–H and O–H groups in total. The van der Waals surface area contributed by atoms with Crippen molar-refractivity contribution in [3.63, 3.8) is 0 Å². The summed E-state index contributed by atoms with van der Waals surface area (Å²) in [5.41, 5.74) is 8.61. The maximum absolute atomic E-state index is 13.5. The summed E-state index contributed by atoms with van der Waals surface area (Å²) in [6, 6.07) is 13.7. The molecule has 1 aromatic heterocycles. The first-order valence-electron chi connectivity index (χ1n) is 6.44. The van der Waals surface area contributed by atoms with Crippen molar-refractivity contribution in [3.05, 3.63) is 83.2 Å². The van der Waals surface area contributed by atoms with Crippen LogP contribution in [0.5, 0.6) is 0 Å². The topological polar surface area (TPSA) is 43.8 Å².